The van der Waals surface area contributed by atoms with Crippen molar-refractivity contribution in [2.45, 2.75) is 13.5 Å². The Morgan fingerprint density at radius 3 is 2.85 bits per heavy atom. The highest BCUT2D eigenvalue weighted by molar-refractivity contribution is 5.95. The van der Waals surface area contributed by atoms with Crippen LogP contribution in [-0.4, -0.2) is 22.5 Å². The minimum atomic E-state index is -0.0843. The molecule has 0 bridgehead atoms. The van der Waals surface area contributed by atoms with Crippen molar-refractivity contribution in [2.75, 3.05) is 11.9 Å². The highest BCUT2D eigenvalue weighted by Crippen LogP contribution is 2.12. The Morgan fingerprint density at radius 2 is 2.15 bits per heavy atom. The summed E-state index contributed by atoms with van der Waals surface area (Å²) in [6.45, 7) is 3.02. The summed E-state index contributed by atoms with van der Waals surface area (Å²) >= 11 is 0. The Kier molecular flexibility index (Phi) is 4.55. The van der Waals surface area contributed by atoms with Gasteiger partial charge >= 0.3 is 0 Å². The van der Waals surface area contributed by atoms with E-state index in [1.807, 2.05) is 19.1 Å². The minimum Gasteiger partial charge on any atom is -0.506 e. The molecular formula is C15H17N3O2. The van der Waals surface area contributed by atoms with E-state index in [2.05, 4.69) is 15.6 Å². The summed E-state index contributed by atoms with van der Waals surface area (Å²) in [4.78, 5) is 15.8. The normalized spacial score (nSPS) is 10.1. The Hall–Kier alpha value is -2.56. The highest BCUT2D eigenvalue weighted by Gasteiger charge is 2.04. The van der Waals surface area contributed by atoms with Crippen LogP contribution in [0.2, 0.25) is 0 Å². The fraction of sp³-hybridized carbons (Fsp3) is 0.200. The molecule has 20 heavy (non-hydrogen) atoms. The molecule has 5 nitrogen and oxygen atoms in total. The van der Waals surface area contributed by atoms with E-state index in [1.165, 1.54) is 6.20 Å². The predicted octanol–water partition coefficient (Wildman–Crippen LogP) is 2.15. The molecule has 0 spiro atoms. The zero-order valence-electron chi connectivity index (χ0n) is 11.3. The van der Waals surface area contributed by atoms with E-state index in [9.17, 15) is 4.79 Å². The molecule has 0 fully saturated rings. The first-order valence-corrected chi connectivity index (χ1v) is 6.45. The van der Waals surface area contributed by atoms with Gasteiger partial charge in [0.2, 0.25) is 0 Å². The van der Waals surface area contributed by atoms with E-state index in [4.69, 9.17) is 5.11 Å². The van der Waals surface area contributed by atoms with Gasteiger partial charge in [-0.25, -0.2) is 0 Å². The maximum absolute atomic E-state index is 11.7. The highest BCUT2D eigenvalue weighted by atomic mass is 16.3. The lowest BCUT2D eigenvalue weighted by Gasteiger charge is -2.08. The Morgan fingerprint density at radius 1 is 1.30 bits per heavy atom. The lowest BCUT2D eigenvalue weighted by molar-refractivity contribution is 0.0956. The van der Waals surface area contributed by atoms with Gasteiger partial charge in [-0.15, -0.1) is 0 Å². The number of aromatic nitrogens is 1. The number of amides is 1. The van der Waals surface area contributed by atoms with Gasteiger partial charge in [0.05, 0.1) is 18.4 Å². The Balaban J connectivity index is 2.01. The molecule has 3 N–H and O–H groups in total. The monoisotopic (exact) mass is 271 g/mol. The van der Waals surface area contributed by atoms with Gasteiger partial charge in [-0.1, -0.05) is 6.07 Å². The molecule has 0 unspecified atom stereocenters. The molecule has 0 aliphatic rings. The second-order valence-electron chi connectivity index (χ2n) is 4.30. The van der Waals surface area contributed by atoms with Gasteiger partial charge in [0, 0.05) is 17.8 Å². The first-order valence-electron chi connectivity index (χ1n) is 6.45. The van der Waals surface area contributed by atoms with E-state index in [1.54, 1.807) is 24.3 Å². The lowest BCUT2D eigenvalue weighted by Crippen LogP contribution is -2.22. The molecule has 0 aliphatic carbocycles. The van der Waals surface area contributed by atoms with Gasteiger partial charge < -0.3 is 15.7 Å². The van der Waals surface area contributed by atoms with Crippen LogP contribution in [0.4, 0.5) is 5.69 Å². The summed E-state index contributed by atoms with van der Waals surface area (Å²) in [6.07, 6.45) is 1.40. The zero-order chi connectivity index (χ0) is 14.4. The third kappa shape index (κ3) is 3.71. The Bertz CT molecular complexity index is 582. The van der Waals surface area contributed by atoms with Gasteiger partial charge in [-0.2, -0.15) is 0 Å². The van der Waals surface area contributed by atoms with Crippen LogP contribution in [0.1, 0.15) is 23.0 Å². The van der Waals surface area contributed by atoms with Gasteiger partial charge in [-0.3, -0.25) is 9.78 Å². The summed E-state index contributed by atoms with van der Waals surface area (Å²) in [5, 5.41) is 15.1. The fourth-order valence-corrected chi connectivity index (χ4v) is 1.75. The van der Waals surface area contributed by atoms with E-state index in [0.29, 0.717) is 18.7 Å². The minimum absolute atomic E-state index is 0.0843. The van der Waals surface area contributed by atoms with E-state index in [-0.39, 0.29) is 11.7 Å². The van der Waals surface area contributed by atoms with Crippen LogP contribution in [0, 0.1) is 0 Å². The maximum atomic E-state index is 11.7. The third-order valence-electron chi connectivity index (χ3n) is 2.74. The SMILES string of the molecule is CCNC(=O)c1cccc(NCc2ccc(O)cn2)c1. The van der Waals surface area contributed by atoms with E-state index < -0.39 is 0 Å². The average molecular weight is 271 g/mol. The van der Waals surface area contributed by atoms with Crippen LogP contribution in [0.3, 0.4) is 0 Å². The van der Waals surface area contributed by atoms with Crippen molar-refractivity contribution < 1.29 is 9.90 Å². The predicted molar refractivity (Wildman–Crippen MR) is 77.7 cm³/mol. The number of anilines is 1. The van der Waals surface area contributed by atoms with E-state index in [0.717, 1.165) is 11.4 Å². The second-order valence-corrected chi connectivity index (χ2v) is 4.30. The number of carbonyl (C=O) groups is 1. The molecule has 0 atom stereocenters. The van der Waals surface area contributed by atoms with Crippen molar-refractivity contribution in [2.24, 2.45) is 0 Å². The van der Waals surface area contributed by atoms with Crippen molar-refractivity contribution in [3.8, 4) is 5.75 Å². The quantitative estimate of drug-likeness (QED) is 0.779. The third-order valence-corrected chi connectivity index (χ3v) is 2.74. The maximum Gasteiger partial charge on any atom is 0.251 e. The molecule has 1 aromatic heterocycles. The second kappa shape index (κ2) is 6.56. The number of benzene rings is 1. The number of hydrogen-bond acceptors (Lipinski definition) is 4. The molecule has 0 radical (unpaired) electrons. The molecule has 104 valence electrons. The van der Waals surface area contributed by atoms with Crippen LogP contribution in [-0.2, 0) is 6.54 Å². The molecule has 1 heterocycles. The Labute approximate surface area is 117 Å². The molecule has 1 aromatic carbocycles. The molecular weight excluding hydrogens is 254 g/mol. The topological polar surface area (TPSA) is 74.2 Å². The lowest BCUT2D eigenvalue weighted by atomic mass is 10.2. The molecule has 0 saturated heterocycles. The standard InChI is InChI=1S/C15H17N3O2/c1-2-16-15(20)11-4-3-5-12(8-11)17-9-13-6-7-14(19)10-18-13/h3-8,10,17,19H,2,9H2,1H3,(H,16,20). The van der Waals surface area contributed by atoms with Gasteiger partial charge in [0.1, 0.15) is 5.75 Å². The first kappa shape index (κ1) is 13.9. The number of nitrogens with one attached hydrogen (secondary N) is 2. The zero-order valence-corrected chi connectivity index (χ0v) is 11.3. The summed E-state index contributed by atoms with van der Waals surface area (Å²) < 4.78 is 0. The number of hydrogen-bond donors (Lipinski definition) is 3. The molecule has 2 aromatic rings. The average Bonchev–Trinajstić information content (AvgIpc) is 2.47. The molecule has 0 aliphatic heterocycles. The number of carbonyl (C=O) groups excluding carboxylic acids is 1. The van der Waals surface area contributed by atoms with Crippen molar-refractivity contribution in [3.05, 3.63) is 53.9 Å². The van der Waals surface area contributed by atoms with Crippen LogP contribution in [0.5, 0.6) is 5.75 Å². The van der Waals surface area contributed by atoms with Gasteiger partial charge in [0.15, 0.2) is 0 Å². The number of nitrogens with zero attached hydrogens (tertiary/aromatic N) is 1. The largest absolute Gasteiger partial charge is 0.506 e. The first-order chi connectivity index (χ1) is 9.69. The van der Waals surface area contributed by atoms with Crippen molar-refractivity contribution in [1.82, 2.24) is 10.3 Å². The van der Waals surface area contributed by atoms with Crippen molar-refractivity contribution in [3.63, 3.8) is 0 Å². The summed E-state index contributed by atoms with van der Waals surface area (Å²) in [6, 6.07) is 10.6. The van der Waals surface area contributed by atoms with Gasteiger partial charge in [0.25, 0.3) is 5.91 Å². The molecule has 1 amide bonds. The molecule has 0 saturated carbocycles. The fourth-order valence-electron chi connectivity index (χ4n) is 1.75. The van der Waals surface area contributed by atoms with Gasteiger partial charge in [-0.05, 0) is 37.3 Å². The summed E-state index contributed by atoms with van der Waals surface area (Å²) in [5.41, 5.74) is 2.28. The van der Waals surface area contributed by atoms with Crippen molar-refractivity contribution >= 4 is 11.6 Å². The molecule has 5 heteroatoms. The van der Waals surface area contributed by atoms with Crippen LogP contribution < -0.4 is 10.6 Å². The summed E-state index contributed by atoms with van der Waals surface area (Å²) in [5.74, 6) is 0.0610. The number of pyridine rings is 1. The number of aromatic hydroxyl groups is 1. The smallest absolute Gasteiger partial charge is 0.251 e. The van der Waals surface area contributed by atoms with Crippen LogP contribution in [0.25, 0.3) is 0 Å². The van der Waals surface area contributed by atoms with Crippen LogP contribution in [0.15, 0.2) is 42.6 Å². The van der Waals surface area contributed by atoms with E-state index >= 15 is 0 Å². The van der Waals surface area contributed by atoms with Crippen molar-refractivity contribution in [1.29, 1.82) is 0 Å². The summed E-state index contributed by atoms with van der Waals surface area (Å²) in [7, 11) is 0. The molecule has 2 rings (SSSR count). The number of rotatable bonds is 5. The van der Waals surface area contributed by atoms with Crippen LogP contribution >= 0.6 is 0 Å².